The lowest BCUT2D eigenvalue weighted by Crippen LogP contribution is -2.06. The molecule has 0 aliphatic carbocycles. The summed E-state index contributed by atoms with van der Waals surface area (Å²) in [5, 5.41) is 11.7. The molecular formula is C26H33NO9. The van der Waals surface area contributed by atoms with Gasteiger partial charge in [0.15, 0.2) is 26.1 Å². The molecule has 0 aliphatic rings. The molecule has 0 aliphatic heterocycles. The Morgan fingerprint density at radius 3 is 1.78 bits per heavy atom. The molecule has 196 valence electrons. The lowest BCUT2D eigenvalue weighted by Gasteiger charge is -2.16. The van der Waals surface area contributed by atoms with Crippen LogP contribution in [-0.4, -0.2) is 53.7 Å². The number of hydrogen-bond donors (Lipinski definition) is 0. The van der Waals surface area contributed by atoms with Crippen LogP contribution in [-0.2, 0) is 20.6 Å². The van der Waals surface area contributed by atoms with Gasteiger partial charge in [-0.15, -0.1) is 0 Å². The monoisotopic (exact) mass is 503 g/mol. The molecule has 2 rings (SSSR count). The number of benzene rings is 2. The van der Waals surface area contributed by atoms with Gasteiger partial charge in [-0.25, -0.2) is 0 Å². The predicted molar refractivity (Wildman–Crippen MR) is 136 cm³/mol. The van der Waals surface area contributed by atoms with Crippen LogP contribution < -0.4 is 18.9 Å². The van der Waals surface area contributed by atoms with Crippen molar-refractivity contribution in [2.24, 2.45) is 0 Å². The molecule has 0 radical (unpaired) electrons. The zero-order chi connectivity index (χ0) is 26.5. The first-order chi connectivity index (χ1) is 17.3. The summed E-state index contributed by atoms with van der Waals surface area (Å²) in [6.45, 7) is 4.00. The minimum Gasteiger partial charge on any atom is -0.493 e. The second kappa shape index (κ2) is 14.7. The third kappa shape index (κ3) is 8.26. The molecule has 0 spiro atoms. The molecule has 0 saturated carbocycles. The van der Waals surface area contributed by atoms with Crippen molar-refractivity contribution in [1.82, 2.24) is 0 Å². The number of hydrogen-bond acceptors (Lipinski definition) is 9. The van der Waals surface area contributed by atoms with Crippen LogP contribution in [0.4, 0.5) is 5.69 Å². The average Bonchev–Trinajstić information content (AvgIpc) is 2.86. The second-order valence-corrected chi connectivity index (χ2v) is 7.80. The lowest BCUT2D eigenvalue weighted by molar-refractivity contribution is -0.386. The average molecular weight is 504 g/mol. The van der Waals surface area contributed by atoms with E-state index < -0.39 is 4.92 Å². The van der Waals surface area contributed by atoms with Crippen molar-refractivity contribution < 1.29 is 38.1 Å². The fourth-order valence-corrected chi connectivity index (χ4v) is 3.19. The van der Waals surface area contributed by atoms with Gasteiger partial charge in [-0.3, -0.25) is 10.1 Å². The molecule has 0 fully saturated rings. The van der Waals surface area contributed by atoms with Crippen molar-refractivity contribution in [3.05, 3.63) is 62.7 Å². The van der Waals surface area contributed by atoms with E-state index in [2.05, 4.69) is 6.08 Å². The van der Waals surface area contributed by atoms with Gasteiger partial charge in [0, 0.05) is 33.0 Å². The first kappa shape index (κ1) is 28.6. The van der Waals surface area contributed by atoms with Crippen LogP contribution in [0.2, 0.25) is 0 Å². The van der Waals surface area contributed by atoms with Gasteiger partial charge < -0.3 is 33.2 Å². The summed E-state index contributed by atoms with van der Waals surface area (Å²) in [6, 6.07) is 6.75. The van der Waals surface area contributed by atoms with Gasteiger partial charge in [0.05, 0.1) is 12.0 Å². The van der Waals surface area contributed by atoms with Crippen LogP contribution in [0, 0.1) is 10.1 Å². The standard InChI is InChI=1S/C26H33NO9/c1-18(2)7-10-21-23(34-15-30-3)12-20(13-24(21)35-16-31-4)9-8-19-11-22(27(28)29)26(36-17-32-5)25(14-19)33-6/h7-9,11-14H,10,15-17H2,1-6H3. The van der Waals surface area contributed by atoms with Crippen LogP contribution in [0.3, 0.4) is 0 Å². The highest BCUT2D eigenvalue weighted by atomic mass is 16.7. The Kier molecular flexibility index (Phi) is 11.7. The maximum atomic E-state index is 11.7. The molecule has 0 amide bonds. The van der Waals surface area contributed by atoms with E-state index in [1.54, 1.807) is 32.4 Å². The summed E-state index contributed by atoms with van der Waals surface area (Å²) in [6.07, 6.45) is 6.18. The van der Waals surface area contributed by atoms with Crippen molar-refractivity contribution >= 4 is 17.8 Å². The third-order valence-corrected chi connectivity index (χ3v) is 4.83. The molecule has 0 atom stereocenters. The summed E-state index contributed by atoms with van der Waals surface area (Å²) in [5.74, 6) is 1.39. The first-order valence-electron chi connectivity index (χ1n) is 11.0. The zero-order valence-corrected chi connectivity index (χ0v) is 21.5. The molecule has 10 heteroatoms. The van der Waals surface area contributed by atoms with Crippen molar-refractivity contribution in [3.63, 3.8) is 0 Å². The number of rotatable bonds is 15. The summed E-state index contributed by atoms with van der Waals surface area (Å²) in [7, 11) is 5.93. The minimum absolute atomic E-state index is 0.00405. The third-order valence-electron chi connectivity index (χ3n) is 4.83. The highest BCUT2D eigenvalue weighted by Crippen LogP contribution is 2.39. The largest absolute Gasteiger partial charge is 0.493 e. The predicted octanol–water partition coefficient (Wildman–Crippen LogP) is 5.23. The Hall–Kier alpha value is -3.60. The Morgan fingerprint density at radius 1 is 0.806 bits per heavy atom. The van der Waals surface area contributed by atoms with Crippen molar-refractivity contribution in [2.75, 3.05) is 48.8 Å². The Balaban J connectivity index is 2.53. The molecule has 0 heterocycles. The topological polar surface area (TPSA) is 108 Å². The number of nitro groups is 1. The van der Waals surface area contributed by atoms with Crippen LogP contribution >= 0.6 is 0 Å². The second-order valence-electron chi connectivity index (χ2n) is 7.80. The van der Waals surface area contributed by atoms with E-state index >= 15 is 0 Å². The van der Waals surface area contributed by atoms with E-state index in [0.717, 1.165) is 16.7 Å². The van der Waals surface area contributed by atoms with Crippen LogP contribution in [0.1, 0.15) is 30.5 Å². The minimum atomic E-state index is -0.531. The Bertz CT molecular complexity index is 1050. The molecule has 2 aromatic rings. The van der Waals surface area contributed by atoms with E-state index in [9.17, 15) is 10.1 Å². The van der Waals surface area contributed by atoms with Crippen molar-refractivity contribution in [3.8, 4) is 23.0 Å². The van der Waals surface area contributed by atoms with Gasteiger partial charge in [-0.1, -0.05) is 23.8 Å². The normalized spacial score (nSPS) is 10.8. The van der Waals surface area contributed by atoms with E-state index in [-0.39, 0.29) is 37.6 Å². The van der Waals surface area contributed by atoms with Crippen LogP contribution in [0.15, 0.2) is 35.9 Å². The highest BCUT2D eigenvalue weighted by Gasteiger charge is 2.22. The molecule has 0 saturated heterocycles. The maximum Gasteiger partial charge on any atom is 0.315 e. The summed E-state index contributed by atoms with van der Waals surface area (Å²) < 4.78 is 37.4. The number of nitrogens with zero attached hydrogens (tertiary/aromatic N) is 1. The van der Waals surface area contributed by atoms with Gasteiger partial charge in [0.1, 0.15) is 11.5 Å². The molecule has 0 N–H and O–H groups in total. The SMILES string of the molecule is COCOc1cc(C=Cc2cc(OC)c(OCOC)c([N+](=O)[O-])c2)cc(OCOC)c1CC=C(C)C. The molecule has 10 nitrogen and oxygen atoms in total. The number of allylic oxidation sites excluding steroid dienone is 2. The summed E-state index contributed by atoms with van der Waals surface area (Å²) in [4.78, 5) is 11.1. The molecule has 36 heavy (non-hydrogen) atoms. The fourth-order valence-electron chi connectivity index (χ4n) is 3.19. The number of nitro benzene ring substituents is 1. The van der Waals surface area contributed by atoms with Gasteiger partial charge in [0.25, 0.3) is 0 Å². The van der Waals surface area contributed by atoms with Crippen LogP contribution in [0.25, 0.3) is 12.2 Å². The molecule has 0 unspecified atom stereocenters. The van der Waals surface area contributed by atoms with Gasteiger partial charge in [-0.05, 0) is 49.6 Å². The fraction of sp³-hybridized carbons (Fsp3) is 0.385. The smallest absolute Gasteiger partial charge is 0.315 e. The van der Waals surface area contributed by atoms with Gasteiger partial charge >= 0.3 is 5.69 Å². The maximum absolute atomic E-state index is 11.7. The van der Waals surface area contributed by atoms with E-state index in [0.29, 0.717) is 23.5 Å². The van der Waals surface area contributed by atoms with E-state index in [1.807, 2.05) is 26.0 Å². The lowest BCUT2D eigenvalue weighted by atomic mass is 10.0. The Morgan fingerprint density at radius 2 is 1.31 bits per heavy atom. The van der Waals surface area contributed by atoms with Gasteiger partial charge in [-0.2, -0.15) is 0 Å². The van der Waals surface area contributed by atoms with Gasteiger partial charge in [0.2, 0.25) is 5.75 Å². The molecule has 0 bridgehead atoms. The quantitative estimate of drug-likeness (QED) is 0.106. The summed E-state index contributed by atoms with van der Waals surface area (Å²) >= 11 is 0. The van der Waals surface area contributed by atoms with Crippen molar-refractivity contribution in [2.45, 2.75) is 20.3 Å². The van der Waals surface area contributed by atoms with Crippen molar-refractivity contribution in [1.29, 1.82) is 0 Å². The first-order valence-corrected chi connectivity index (χ1v) is 11.0. The Labute approximate surface area is 211 Å². The van der Waals surface area contributed by atoms with Crippen LogP contribution in [0.5, 0.6) is 23.0 Å². The van der Waals surface area contributed by atoms with E-state index in [1.165, 1.54) is 20.3 Å². The van der Waals surface area contributed by atoms with E-state index in [4.69, 9.17) is 33.2 Å². The zero-order valence-electron chi connectivity index (χ0n) is 21.5. The molecule has 0 aromatic heterocycles. The summed E-state index contributed by atoms with van der Waals surface area (Å²) in [5.41, 5.74) is 3.05. The molecular weight excluding hydrogens is 470 g/mol. The number of methoxy groups -OCH3 is 4. The molecule has 2 aromatic carbocycles. The highest BCUT2D eigenvalue weighted by molar-refractivity contribution is 5.75. The number of ether oxygens (including phenoxy) is 7.